The first-order chi connectivity index (χ1) is 21.6. The van der Waals surface area contributed by atoms with E-state index >= 15 is 0 Å². The van der Waals surface area contributed by atoms with E-state index in [0.717, 1.165) is 9.87 Å². The first-order valence-corrected chi connectivity index (χ1v) is 16.5. The zero-order valence-electron chi connectivity index (χ0n) is 25.6. The normalized spacial score (nSPS) is 12.5. The van der Waals surface area contributed by atoms with Gasteiger partial charge in [-0.05, 0) is 60.9 Å². The third-order valence-electron chi connectivity index (χ3n) is 7.49. The van der Waals surface area contributed by atoms with Crippen LogP contribution in [0.2, 0.25) is 5.02 Å². The van der Waals surface area contributed by atoms with E-state index in [4.69, 9.17) is 16.3 Å². The molecule has 0 saturated carbocycles. The van der Waals surface area contributed by atoms with Gasteiger partial charge in [-0.3, -0.25) is 13.9 Å². The molecule has 4 rings (SSSR count). The van der Waals surface area contributed by atoms with Gasteiger partial charge >= 0.3 is 0 Å². The van der Waals surface area contributed by atoms with Gasteiger partial charge < -0.3 is 15.0 Å². The standard InChI is InChI=1S/C35H38ClN3O5S/c1-4-26(2)37-35(41)33(23-27-14-7-5-8-15-27)38(24-28-16-13-17-29(22-28)44-3)34(40)25-39(32-21-12-11-20-31(32)36)45(42,43)30-18-9-6-10-19-30/h5-22,26,33H,4,23-25H2,1-3H3,(H,37,41)/t26-,33-/m1/s1. The number of amides is 2. The molecule has 236 valence electrons. The Balaban J connectivity index is 1.82. The van der Waals surface area contributed by atoms with Gasteiger partial charge in [-0.15, -0.1) is 0 Å². The SMILES string of the molecule is CC[C@@H](C)NC(=O)[C@@H](Cc1ccccc1)N(Cc1cccc(OC)c1)C(=O)CN(c1ccccc1Cl)S(=O)(=O)c1ccccc1. The molecule has 8 nitrogen and oxygen atoms in total. The van der Waals surface area contributed by atoms with E-state index in [1.807, 2.05) is 50.2 Å². The number of anilines is 1. The Morgan fingerprint density at radius 2 is 1.49 bits per heavy atom. The number of para-hydroxylation sites is 1. The van der Waals surface area contributed by atoms with Gasteiger partial charge in [-0.25, -0.2) is 8.42 Å². The summed E-state index contributed by atoms with van der Waals surface area (Å²) in [4.78, 5) is 29.9. The van der Waals surface area contributed by atoms with Crippen LogP contribution in [0.5, 0.6) is 5.75 Å². The lowest BCUT2D eigenvalue weighted by Crippen LogP contribution is -2.54. The maximum Gasteiger partial charge on any atom is 0.264 e. The lowest BCUT2D eigenvalue weighted by Gasteiger charge is -2.34. The number of ether oxygens (including phenoxy) is 1. The number of methoxy groups -OCH3 is 1. The van der Waals surface area contributed by atoms with Crippen LogP contribution in [0.4, 0.5) is 5.69 Å². The number of halogens is 1. The number of rotatable bonds is 14. The number of nitrogens with zero attached hydrogens (tertiary/aromatic N) is 2. The van der Waals surface area contributed by atoms with Crippen LogP contribution in [0.3, 0.4) is 0 Å². The zero-order valence-corrected chi connectivity index (χ0v) is 27.2. The Labute approximate surface area is 270 Å². The average molecular weight is 648 g/mol. The fourth-order valence-corrected chi connectivity index (χ4v) is 6.59. The second-order valence-electron chi connectivity index (χ2n) is 10.7. The van der Waals surface area contributed by atoms with Gasteiger partial charge in [-0.2, -0.15) is 0 Å². The maximum absolute atomic E-state index is 14.5. The second kappa shape index (κ2) is 15.6. The van der Waals surface area contributed by atoms with Crippen LogP contribution < -0.4 is 14.4 Å². The molecular formula is C35H38ClN3O5S. The smallest absolute Gasteiger partial charge is 0.264 e. The first kappa shape index (κ1) is 33.6. The van der Waals surface area contributed by atoms with E-state index in [1.54, 1.807) is 67.8 Å². The highest BCUT2D eigenvalue weighted by Gasteiger charge is 2.35. The second-order valence-corrected chi connectivity index (χ2v) is 12.9. The van der Waals surface area contributed by atoms with E-state index in [0.29, 0.717) is 17.7 Å². The molecule has 0 aromatic heterocycles. The van der Waals surface area contributed by atoms with Crippen molar-refractivity contribution in [3.05, 3.63) is 125 Å². The van der Waals surface area contributed by atoms with Crippen LogP contribution in [0.1, 0.15) is 31.4 Å². The maximum atomic E-state index is 14.5. The summed E-state index contributed by atoms with van der Waals surface area (Å²) in [5.74, 6) is -0.315. The highest BCUT2D eigenvalue weighted by Crippen LogP contribution is 2.31. The highest BCUT2D eigenvalue weighted by molar-refractivity contribution is 7.92. The van der Waals surface area contributed by atoms with Gasteiger partial charge in [0, 0.05) is 19.0 Å². The van der Waals surface area contributed by atoms with Crippen LogP contribution in [-0.4, -0.2) is 50.9 Å². The minimum absolute atomic E-state index is 0.00687. The van der Waals surface area contributed by atoms with E-state index in [1.165, 1.54) is 17.0 Å². The quantitative estimate of drug-likeness (QED) is 0.179. The lowest BCUT2D eigenvalue weighted by molar-refractivity contribution is -0.140. The number of hydrogen-bond acceptors (Lipinski definition) is 5. The van der Waals surface area contributed by atoms with Crippen molar-refractivity contribution in [3.8, 4) is 5.75 Å². The number of carbonyl (C=O) groups excluding carboxylic acids is 2. The van der Waals surface area contributed by atoms with Crippen molar-refractivity contribution in [2.45, 2.75) is 50.2 Å². The number of carbonyl (C=O) groups is 2. The Hall–Kier alpha value is -4.34. The molecule has 0 heterocycles. The third kappa shape index (κ3) is 8.65. The van der Waals surface area contributed by atoms with Crippen LogP contribution in [-0.2, 0) is 32.6 Å². The van der Waals surface area contributed by atoms with Crippen molar-refractivity contribution in [3.63, 3.8) is 0 Å². The molecule has 2 amide bonds. The summed E-state index contributed by atoms with van der Waals surface area (Å²) in [7, 11) is -2.68. The summed E-state index contributed by atoms with van der Waals surface area (Å²) in [5.41, 5.74) is 1.72. The van der Waals surface area contributed by atoms with E-state index < -0.39 is 28.5 Å². The molecule has 1 N–H and O–H groups in total. The Morgan fingerprint density at radius 1 is 0.867 bits per heavy atom. The van der Waals surface area contributed by atoms with Crippen LogP contribution >= 0.6 is 11.6 Å². The molecule has 45 heavy (non-hydrogen) atoms. The fourth-order valence-electron chi connectivity index (χ4n) is 4.85. The van der Waals surface area contributed by atoms with Crippen molar-refractivity contribution in [1.29, 1.82) is 0 Å². The summed E-state index contributed by atoms with van der Waals surface area (Å²) in [6, 6.07) is 29.9. The zero-order chi connectivity index (χ0) is 32.4. The van der Waals surface area contributed by atoms with E-state index in [2.05, 4.69) is 5.32 Å². The van der Waals surface area contributed by atoms with Gasteiger partial charge in [-0.1, -0.05) is 91.3 Å². The van der Waals surface area contributed by atoms with Crippen LogP contribution in [0.15, 0.2) is 114 Å². The van der Waals surface area contributed by atoms with Gasteiger partial charge in [0.2, 0.25) is 11.8 Å². The number of nitrogens with one attached hydrogen (secondary N) is 1. The van der Waals surface area contributed by atoms with Gasteiger partial charge in [0.1, 0.15) is 18.3 Å². The summed E-state index contributed by atoms with van der Waals surface area (Å²) < 4.78 is 34.6. The predicted octanol–water partition coefficient (Wildman–Crippen LogP) is 6.10. The van der Waals surface area contributed by atoms with Gasteiger partial charge in [0.05, 0.1) is 22.7 Å². The van der Waals surface area contributed by atoms with Crippen molar-refractivity contribution < 1.29 is 22.7 Å². The lowest BCUT2D eigenvalue weighted by atomic mass is 10.0. The Morgan fingerprint density at radius 3 is 2.13 bits per heavy atom. The Kier molecular flexibility index (Phi) is 11.6. The van der Waals surface area contributed by atoms with Gasteiger partial charge in [0.25, 0.3) is 10.0 Å². The Bertz CT molecular complexity index is 1690. The monoisotopic (exact) mass is 647 g/mol. The van der Waals surface area contributed by atoms with Crippen molar-refractivity contribution in [2.75, 3.05) is 18.0 Å². The molecule has 0 radical (unpaired) electrons. The van der Waals surface area contributed by atoms with Gasteiger partial charge in [0.15, 0.2) is 0 Å². The third-order valence-corrected chi connectivity index (χ3v) is 9.58. The molecule has 0 aliphatic heterocycles. The molecular weight excluding hydrogens is 610 g/mol. The number of sulfonamides is 1. The number of benzene rings is 4. The number of hydrogen-bond donors (Lipinski definition) is 1. The molecule has 0 aliphatic carbocycles. The molecule has 0 saturated heterocycles. The van der Waals surface area contributed by atoms with Crippen molar-refractivity contribution in [2.24, 2.45) is 0 Å². The van der Waals surface area contributed by atoms with Crippen LogP contribution in [0.25, 0.3) is 0 Å². The van der Waals surface area contributed by atoms with Crippen molar-refractivity contribution in [1.82, 2.24) is 10.2 Å². The largest absolute Gasteiger partial charge is 0.497 e. The first-order valence-electron chi connectivity index (χ1n) is 14.7. The average Bonchev–Trinajstić information content (AvgIpc) is 3.06. The molecule has 0 unspecified atom stereocenters. The summed E-state index contributed by atoms with van der Waals surface area (Å²) in [5, 5.41) is 3.20. The van der Waals surface area contributed by atoms with E-state index in [9.17, 15) is 18.0 Å². The molecule has 0 aliphatic rings. The van der Waals surface area contributed by atoms with E-state index in [-0.39, 0.29) is 40.5 Å². The fraction of sp³-hybridized carbons (Fsp3) is 0.257. The molecule has 4 aromatic rings. The molecule has 2 atom stereocenters. The summed E-state index contributed by atoms with van der Waals surface area (Å²) in [6.45, 7) is 3.31. The van der Waals surface area contributed by atoms with Crippen molar-refractivity contribution >= 4 is 39.1 Å². The minimum Gasteiger partial charge on any atom is -0.497 e. The summed E-state index contributed by atoms with van der Waals surface area (Å²) in [6.07, 6.45) is 0.916. The summed E-state index contributed by atoms with van der Waals surface area (Å²) >= 11 is 6.52. The molecule has 0 fully saturated rings. The molecule has 0 bridgehead atoms. The highest BCUT2D eigenvalue weighted by atomic mass is 35.5. The molecule has 4 aromatic carbocycles. The topological polar surface area (TPSA) is 96.0 Å². The van der Waals surface area contributed by atoms with Crippen LogP contribution in [0, 0.1) is 0 Å². The molecule has 10 heteroatoms. The predicted molar refractivity (Wildman–Crippen MR) is 178 cm³/mol. The molecule has 0 spiro atoms. The minimum atomic E-state index is -4.24.